The second-order valence-electron chi connectivity index (χ2n) is 6.37. The molecule has 3 rings (SSSR count). The van der Waals surface area contributed by atoms with Crippen molar-refractivity contribution in [3.63, 3.8) is 0 Å². The van der Waals surface area contributed by atoms with Gasteiger partial charge >= 0.3 is 5.97 Å². The number of phenols is 1. The maximum absolute atomic E-state index is 12.6. The fourth-order valence-corrected chi connectivity index (χ4v) is 3.31. The topological polar surface area (TPSA) is 105 Å². The summed E-state index contributed by atoms with van der Waals surface area (Å²) in [5.41, 5.74) is 2.44. The summed E-state index contributed by atoms with van der Waals surface area (Å²) in [6, 6.07) is 10.0. The van der Waals surface area contributed by atoms with Gasteiger partial charge in [0.2, 0.25) is 0 Å². The van der Waals surface area contributed by atoms with Crippen molar-refractivity contribution in [1.82, 2.24) is 0 Å². The molecule has 0 saturated heterocycles. The van der Waals surface area contributed by atoms with Crippen LogP contribution in [0.5, 0.6) is 17.2 Å². The Hall–Kier alpha value is -3.48. The number of carbonyl (C=O) groups excluding carboxylic acids is 1. The molecule has 2 aromatic rings. The lowest BCUT2D eigenvalue weighted by atomic mass is 10.0. The number of nitrogens with one attached hydrogen (secondary N) is 1. The molecule has 7 nitrogen and oxygen atoms in total. The number of ether oxygens (including phenoxy) is 2. The normalized spacial score (nSPS) is 13.4. The summed E-state index contributed by atoms with van der Waals surface area (Å²) >= 11 is 0. The van der Waals surface area contributed by atoms with Gasteiger partial charge in [-0.1, -0.05) is 6.07 Å². The van der Waals surface area contributed by atoms with Crippen LogP contribution in [0.3, 0.4) is 0 Å². The lowest BCUT2D eigenvalue weighted by Crippen LogP contribution is -2.16. The fraction of sp³-hybridized carbons (Fsp3) is 0.238. The molecule has 2 aromatic carbocycles. The highest BCUT2D eigenvalue weighted by atomic mass is 16.5. The highest BCUT2D eigenvalue weighted by Crippen LogP contribution is 2.37. The lowest BCUT2D eigenvalue weighted by Gasteiger charge is -2.14. The Labute approximate surface area is 162 Å². The zero-order valence-electron chi connectivity index (χ0n) is 15.6. The quantitative estimate of drug-likeness (QED) is 0.704. The summed E-state index contributed by atoms with van der Waals surface area (Å²) in [5.74, 6) is -0.458. The molecule has 0 aliphatic heterocycles. The average Bonchev–Trinajstić information content (AvgIpc) is 3.18. The Bertz CT molecular complexity index is 963. The number of rotatable bonds is 6. The predicted octanol–water partition coefficient (Wildman–Crippen LogP) is 3.58. The van der Waals surface area contributed by atoms with E-state index in [4.69, 9.17) is 9.47 Å². The van der Waals surface area contributed by atoms with Crippen molar-refractivity contribution in [2.45, 2.75) is 19.3 Å². The number of carbonyl (C=O) groups is 2. The number of aromatic hydroxyl groups is 1. The highest BCUT2D eigenvalue weighted by molar-refractivity contribution is 6.09. The van der Waals surface area contributed by atoms with Gasteiger partial charge < -0.3 is 25.0 Å². The van der Waals surface area contributed by atoms with Crippen LogP contribution in [0, 0.1) is 0 Å². The maximum atomic E-state index is 12.6. The van der Waals surface area contributed by atoms with Crippen molar-refractivity contribution in [2.24, 2.45) is 0 Å². The Kier molecular flexibility index (Phi) is 5.54. The van der Waals surface area contributed by atoms with E-state index in [2.05, 4.69) is 5.32 Å². The number of amides is 1. The molecule has 3 N–H and O–H groups in total. The molecule has 0 heterocycles. The van der Waals surface area contributed by atoms with E-state index in [0.29, 0.717) is 42.0 Å². The summed E-state index contributed by atoms with van der Waals surface area (Å²) in [6.45, 7) is 0. The van der Waals surface area contributed by atoms with E-state index >= 15 is 0 Å². The number of carboxylic acid groups (broad SMARTS) is 1. The van der Waals surface area contributed by atoms with Crippen LogP contribution in [0.4, 0.5) is 5.69 Å². The van der Waals surface area contributed by atoms with Crippen LogP contribution in [0.1, 0.15) is 19.3 Å². The SMILES string of the molecule is COc1cc(-c2ccc(O)cc2OC)ccc1NC(=O)C1=C(C(=O)O)CCC1. The number of methoxy groups -OCH3 is 2. The van der Waals surface area contributed by atoms with Gasteiger partial charge in [-0.2, -0.15) is 0 Å². The van der Waals surface area contributed by atoms with E-state index in [-0.39, 0.29) is 11.3 Å². The van der Waals surface area contributed by atoms with Gasteiger partial charge in [0.15, 0.2) is 0 Å². The van der Waals surface area contributed by atoms with Crippen LogP contribution in [-0.2, 0) is 9.59 Å². The van der Waals surface area contributed by atoms with Gasteiger partial charge in [-0.25, -0.2) is 4.79 Å². The molecule has 7 heteroatoms. The van der Waals surface area contributed by atoms with Crippen molar-refractivity contribution in [3.8, 4) is 28.4 Å². The molecule has 0 saturated carbocycles. The third kappa shape index (κ3) is 3.78. The largest absolute Gasteiger partial charge is 0.508 e. The summed E-state index contributed by atoms with van der Waals surface area (Å²) in [5, 5.41) is 21.6. The zero-order chi connectivity index (χ0) is 20.3. The summed E-state index contributed by atoms with van der Waals surface area (Å²) in [6.07, 6.45) is 1.49. The number of carboxylic acids is 1. The van der Waals surface area contributed by atoms with E-state index in [0.717, 1.165) is 11.1 Å². The summed E-state index contributed by atoms with van der Waals surface area (Å²) in [4.78, 5) is 23.8. The van der Waals surface area contributed by atoms with Crippen LogP contribution in [0.2, 0.25) is 0 Å². The molecule has 0 unspecified atom stereocenters. The minimum Gasteiger partial charge on any atom is -0.508 e. The Morgan fingerprint density at radius 1 is 0.964 bits per heavy atom. The van der Waals surface area contributed by atoms with E-state index in [1.165, 1.54) is 20.3 Å². The zero-order valence-corrected chi connectivity index (χ0v) is 15.6. The number of benzene rings is 2. The molecule has 0 spiro atoms. The second-order valence-corrected chi connectivity index (χ2v) is 6.37. The molecule has 146 valence electrons. The third-order valence-electron chi connectivity index (χ3n) is 4.70. The molecule has 28 heavy (non-hydrogen) atoms. The number of hydrogen-bond acceptors (Lipinski definition) is 5. The first-order valence-corrected chi connectivity index (χ1v) is 8.76. The molecule has 0 atom stereocenters. The first-order valence-electron chi connectivity index (χ1n) is 8.76. The molecule has 1 amide bonds. The van der Waals surface area contributed by atoms with Gasteiger partial charge in [-0.3, -0.25) is 4.79 Å². The summed E-state index contributed by atoms with van der Waals surface area (Å²) < 4.78 is 10.7. The van der Waals surface area contributed by atoms with Crippen LogP contribution in [0.15, 0.2) is 47.5 Å². The summed E-state index contributed by atoms with van der Waals surface area (Å²) in [7, 11) is 3.00. The van der Waals surface area contributed by atoms with Crippen molar-refractivity contribution in [2.75, 3.05) is 19.5 Å². The van der Waals surface area contributed by atoms with Gasteiger partial charge in [0.1, 0.15) is 17.2 Å². The monoisotopic (exact) mass is 383 g/mol. The Balaban J connectivity index is 1.92. The van der Waals surface area contributed by atoms with Crippen LogP contribution in [-0.4, -0.2) is 36.3 Å². The van der Waals surface area contributed by atoms with Crippen LogP contribution < -0.4 is 14.8 Å². The first-order chi connectivity index (χ1) is 13.4. The minimum absolute atomic E-state index is 0.0931. The van der Waals surface area contributed by atoms with Crippen molar-refractivity contribution in [3.05, 3.63) is 47.5 Å². The molecule has 0 aromatic heterocycles. The van der Waals surface area contributed by atoms with Gasteiger partial charge in [0, 0.05) is 22.8 Å². The van der Waals surface area contributed by atoms with Crippen molar-refractivity contribution >= 4 is 17.6 Å². The number of anilines is 1. The van der Waals surface area contributed by atoms with Gasteiger partial charge in [0.25, 0.3) is 5.91 Å². The molecule has 0 bridgehead atoms. The van der Waals surface area contributed by atoms with E-state index in [9.17, 15) is 19.8 Å². The fourth-order valence-electron chi connectivity index (χ4n) is 3.31. The molecular weight excluding hydrogens is 362 g/mol. The molecular formula is C21H21NO6. The van der Waals surface area contributed by atoms with Crippen molar-refractivity contribution < 1.29 is 29.3 Å². The van der Waals surface area contributed by atoms with E-state index in [1.54, 1.807) is 30.3 Å². The van der Waals surface area contributed by atoms with Gasteiger partial charge in [0.05, 0.1) is 19.9 Å². The molecule has 1 aliphatic rings. The van der Waals surface area contributed by atoms with Gasteiger partial charge in [-0.05, 0) is 49.1 Å². The standard InChI is InChI=1S/C21H21NO6/c1-27-18-11-13(23)7-8-14(18)12-6-9-17(19(10-12)28-2)22-20(24)15-4-3-5-16(15)21(25)26/h6-11,23H,3-5H2,1-2H3,(H,22,24)(H,25,26). The van der Waals surface area contributed by atoms with Crippen LogP contribution >= 0.6 is 0 Å². The number of aliphatic carboxylic acids is 1. The number of phenolic OH excluding ortho intramolecular Hbond substituents is 1. The first kappa shape index (κ1) is 19.3. The Morgan fingerprint density at radius 3 is 2.36 bits per heavy atom. The predicted molar refractivity (Wildman–Crippen MR) is 104 cm³/mol. The second kappa shape index (κ2) is 8.04. The average molecular weight is 383 g/mol. The minimum atomic E-state index is -1.05. The Morgan fingerprint density at radius 2 is 1.68 bits per heavy atom. The lowest BCUT2D eigenvalue weighted by molar-refractivity contribution is -0.133. The van der Waals surface area contributed by atoms with Crippen molar-refractivity contribution in [1.29, 1.82) is 0 Å². The maximum Gasteiger partial charge on any atom is 0.332 e. The van der Waals surface area contributed by atoms with Crippen LogP contribution in [0.25, 0.3) is 11.1 Å². The smallest absolute Gasteiger partial charge is 0.332 e. The molecule has 1 aliphatic carbocycles. The molecule has 0 fully saturated rings. The third-order valence-corrected chi connectivity index (χ3v) is 4.70. The van der Waals surface area contributed by atoms with E-state index < -0.39 is 11.9 Å². The number of hydrogen-bond donors (Lipinski definition) is 3. The highest BCUT2D eigenvalue weighted by Gasteiger charge is 2.26. The van der Waals surface area contributed by atoms with Gasteiger partial charge in [-0.15, -0.1) is 0 Å². The molecule has 0 radical (unpaired) electrons. The van der Waals surface area contributed by atoms with E-state index in [1.807, 2.05) is 0 Å².